The Morgan fingerprint density at radius 1 is 1.21 bits per heavy atom. The van der Waals surface area contributed by atoms with E-state index < -0.39 is 23.7 Å². The number of carbonyl (C=O) groups is 2. The fraction of sp³-hybridized carbons (Fsp3) is 0.190. The lowest BCUT2D eigenvalue weighted by Crippen LogP contribution is -2.45. The number of amides is 2. The van der Waals surface area contributed by atoms with Crippen LogP contribution in [0.3, 0.4) is 0 Å². The Morgan fingerprint density at radius 3 is 2.59 bits per heavy atom. The Balaban J connectivity index is 1.63. The molecule has 1 atom stereocenters. The molecule has 2 aromatic rings. The Kier molecular flexibility index (Phi) is 7.13. The van der Waals surface area contributed by atoms with Crippen molar-refractivity contribution >= 4 is 46.2 Å². The number of thiocarbonyl (C=S) groups is 1. The predicted molar refractivity (Wildman–Crippen MR) is 115 cm³/mol. The topological polar surface area (TPSA) is 69.6 Å². The van der Waals surface area contributed by atoms with Crippen molar-refractivity contribution < 1.29 is 19.1 Å². The normalized spacial score (nSPS) is 16.3. The molecule has 1 heterocycles. The first kappa shape index (κ1) is 21.2. The van der Waals surface area contributed by atoms with Gasteiger partial charge in [0.1, 0.15) is 16.7 Å². The van der Waals surface area contributed by atoms with Gasteiger partial charge in [-0.15, -0.1) is 0 Å². The Morgan fingerprint density at radius 2 is 1.90 bits per heavy atom. The fourth-order valence-electron chi connectivity index (χ4n) is 2.85. The molecule has 2 amide bonds. The van der Waals surface area contributed by atoms with Crippen molar-refractivity contribution in [1.29, 1.82) is 0 Å². The fourth-order valence-corrected chi connectivity index (χ4v) is 4.09. The number of carbonyl (C=O) groups excluding carboxylic acids is 2. The average molecular weight is 431 g/mol. The molecule has 29 heavy (non-hydrogen) atoms. The summed E-state index contributed by atoms with van der Waals surface area (Å²) in [5, 5.41) is 12.3. The summed E-state index contributed by atoms with van der Waals surface area (Å²) in [6.45, 7) is -0.489. The molecule has 1 aliphatic heterocycles. The molecule has 0 saturated carbocycles. The van der Waals surface area contributed by atoms with Crippen molar-refractivity contribution in [2.45, 2.75) is 12.5 Å². The zero-order valence-corrected chi connectivity index (χ0v) is 17.0. The molecule has 0 unspecified atom stereocenters. The molecule has 1 fully saturated rings. The van der Waals surface area contributed by atoms with Gasteiger partial charge in [-0.25, -0.2) is 4.39 Å². The minimum absolute atomic E-state index is 0.230. The van der Waals surface area contributed by atoms with E-state index in [2.05, 4.69) is 5.32 Å². The first-order chi connectivity index (χ1) is 14.0. The van der Waals surface area contributed by atoms with Crippen molar-refractivity contribution in [2.75, 3.05) is 13.2 Å². The summed E-state index contributed by atoms with van der Waals surface area (Å²) in [7, 11) is 0. The van der Waals surface area contributed by atoms with Gasteiger partial charge in [0.2, 0.25) is 5.91 Å². The molecule has 0 bridgehead atoms. The molecular weight excluding hydrogens is 411 g/mol. The van der Waals surface area contributed by atoms with E-state index in [-0.39, 0.29) is 27.9 Å². The van der Waals surface area contributed by atoms with E-state index in [1.165, 1.54) is 17.0 Å². The standard InChI is InChI=1S/C21H19FN2O3S2/c22-17-9-5-4-8-15(17)11-18-20(27)24(21(28)29-18)12-19(26)23-16(13-25)10-14-6-2-1-3-7-14/h1-9,11,16,25H,10,12-13H2,(H,23,26)/t16-/m1/s1. The van der Waals surface area contributed by atoms with Gasteiger partial charge in [0.15, 0.2) is 0 Å². The van der Waals surface area contributed by atoms with Gasteiger partial charge in [-0.3, -0.25) is 14.5 Å². The van der Waals surface area contributed by atoms with Crippen LogP contribution in [0.15, 0.2) is 59.5 Å². The van der Waals surface area contributed by atoms with E-state index >= 15 is 0 Å². The van der Waals surface area contributed by atoms with E-state index in [0.29, 0.717) is 6.42 Å². The number of hydrogen-bond donors (Lipinski definition) is 2. The maximum atomic E-state index is 13.8. The SMILES string of the molecule is O=C(CN1C(=O)C(=Cc2ccccc2F)SC1=S)N[C@@H](CO)Cc1ccccc1. The monoisotopic (exact) mass is 430 g/mol. The van der Waals surface area contributed by atoms with Crippen molar-refractivity contribution in [3.05, 3.63) is 76.4 Å². The van der Waals surface area contributed by atoms with Crippen LogP contribution in [0.5, 0.6) is 0 Å². The second-order valence-electron chi connectivity index (χ2n) is 6.43. The summed E-state index contributed by atoms with van der Waals surface area (Å²) in [5.74, 6) is -1.31. The molecular formula is C21H19FN2O3S2. The molecule has 2 aromatic carbocycles. The van der Waals surface area contributed by atoms with Crippen LogP contribution < -0.4 is 5.32 Å². The minimum Gasteiger partial charge on any atom is -0.394 e. The highest BCUT2D eigenvalue weighted by Gasteiger charge is 2.33. The lowest BCUT2D eigenvalue weighted by molar-refractivity contribution is -0.129. The molecule has 0 radical (unpaired) electrons. The maximum Gasteiger partial charge on any atom is 0.266 e. The maximum absolute atomic E-state index is 13.8. The third-order valence-corrected chi connectivity index (χ3v) is 5.66. The highest BCUT2D eigenvalue weighted by Crippen LogP contribution is 2.32. The molecule has 3 rings (SSSR count). The summed E-state index contributed by atoms with van der Waals surface area (Å²) >= 11 is 6.24. The van der Waals surface area contributed by atoms with Crippen LogP contribution in [0.1, 0.15) is 11.1 Å². The summed E-state index contributed by atoms with van der Waals surface area (Å²) < 4.78 is 14.1. The molecule has 1 saturated heterocycles. The van der Waals surface area contributed by atoms with Crippen LogP contribution in [0.4, 0.5) is 4.39 Å². The number of aliphatic hydroxyl groups is 1. The van der Waals surface area contributed by atoms with Gasteiger partial charge in [0.05, 0.1) is 17.6 Å². The molecule has 150 valence electrons. The van der Waals surface area contributed by atoms with Crippen LogP contribution in [0.25, 0.3) is 6.08 Å². The van der Waals surface area contributed by atoms with Crippen molar-refractivity contribution in [3.63, 3.8) is 0 Å². The third kappa shape index (κ3) is 5.50. The van der Waals surface area contributed by atoms with Crippen LogP contribution in [-0.4, -0.2) is 45.3 Å². The Labute approximate surface area is 177 Å². The zero-order valence-electron chi connectivity index (χ0n) is 15.4. The van der Waals surface area contributed by atoms with Gasteiger partial charge in [-0.1, -0.05) is 72.5 Å². The number of hydrogen-bond acceptors (Lipinski definition) is 5. The summed E-state index contributed by atoms with van der Waals surface area (Å²) in [6, 6.07) is 15.1. The molecule has 1 aliphatic rings. The third-order valence-electron chi connectivity index (χ3n) is 4.28. The number of nitrogens with zero attached hydrogens (tertiary/aromatic N) is 1. The van der Waals surface area contributed by atoms with Crippen LogP contribution in [0.2, 0.25) is 0 Å². The van der Waals surface area contributed by atoms with Crippen molar-refractivity contribution in [3.8, 4) is 0 Å². The second-order valence-corrected chi connectivity index (χ2v) is 8.10. The quantitative estimate of drug-likeness (QED) is 0.522. The first-order valence-electron chi connectivity index (χ1n) is 8.92. The van der Waals surface area contributed by atoms with Crippen LogP contribution >= 0.6 is 24.0 Å². The number of benzene rings is 2. The summed E-state index contributed by atoms with van der Waals surface area (Å²) in [6.07, 6.45) is 1.90. The Bertz CT molecular complexity index is 950. The molecule has 0 spiro atoms. The van der Waals surface area contributed by atoms with Gasteiger partial charge in [0, 0.05) is 5.56 Å². The van der Waals surface area contributed by atoms with E-state index in [1.807, 2.05) is 30.3 Å². The summed E-state index contributed by atoms with van der Waals surface area (Å²) in [4.78, 5) is 26.5. The molecule has 0 aromatic heterocycles. The van der Waals surface area contributed by atoms with Gasteiger partial charge in [0.25, 0.3) is 5.91 Å². The summed E-state index contributed by atoms with van der Waals surface area (Å²) in [5.41, 5.74) is 1.26. The smallest absolute Gasteiger partial charge is 0.266 e. The lowest BCUT2D eigenvalue weighted by atomic mass is 10.1. The predicted octanol–water partition coefficient (Wildman–Crippen LogP) is 2.75. The van der Waals surface area contributed by atoms with E-state index in [1.54, 1.807) is 18.2 Å². The van der Waals surface area contributed by atoms with Gasteiger partial charge >= 0.3 is 0 Å². The minimum atomic E-state index is -0.475. The van der Waals surface area contributed by atoms with Crippen LogP contribution in [0, 0.1) is 5.82 Å². The van der Waals surface area contributed by atoms with Crippen LogP contribution in [-0.2, 0) is 16.0 Å². The highest BCUT2D eigenvalue weighted by atomic mass is 32.2. The first-order valence-corrected chi connectivity index (χ1v) is 10.1. The van der Waals surface area contributed by atoms with Gasteiger partial charge in [-0.05, 0) is 24.1 Å². The molecule has 8 heteroatoms. The second kappa shape index (κ2) is 9.78. The van der Waals surface area contributed by atoms with Crippen molar-refractivity contribution in [2.24, 2.45) is 0 Å². The highest BCUT2D eigenvalue weighted by molar-refractivity contribution is 8.26. The number of aliphatic hydroxyl groups excluding tert-OH is 1. The molecule has 2 N–H and O–H groups in total. The van der Waals surface area contributed by atoms with Crippen molar-refractivity contribution in [1.82, 2.24) is 10.2 Å². The molecule has 0 aliphatic carbocycles. The molecule has 5 nitrogen and oxygen atoms in total. The van der Waals surface area contributed by atoms with E-state index in [0.717, 1.165) is 17.3 Å². The lowest BCUT2D eigenvalue weighted by Gasteiger charge is -2.19. The van der Waals surface area contributed by atoms with E-state index in [9.17, 15) is 19.1 Å². The largest absolute Gasteiger partial charge is 0.394 e. The number of nitrogens with one attached hydrogen (secondary N) is 1. The number of rotatable bonds is 7. The van der Waals surface area contributed by atoms with E-state index in [4.69, 9.17) is 12.2 Å². The Hall–Kier alpha value is -2.55. The number of halogens is 1. The van der Waals surface area contributed by atoms with Gasteiger partial charge < -0.3 is 10.4 Å². The average Bonchev–Trinajstić information content (AvgIpc) is 2.97. The number of thioether (sulfide) groups is 1. The zero-order chi connectivity index (χ0) is 20.8. The van der Waals surface area contributed by atoms with Gasteiger partial charge in [-0.2, -0.15) is 0 Å².